The van der Waals surface area contributed by atoms with Crippen LogP contribution in [0, 0.1) is 5.92 Å². The number of carbonyl (C=O) groups is 1. The summed E-state index contributed by atoms with van der Waals surface area (Å²) in [6.45, 7) is 0. The van der Waals surface area contributed by atoms with Gasteiger partial charge in [0.2, 0.25) is 5.91 Å². The topological polar surface area (TPSA) is 58.4 Å². The number of nitrogens with one attached hydrogen (secondary N) is 1. The molecule has 2 aliphatic rings. The van der Waals surface area contributed by atoms with Gasteiger partial charge in [-0.25, -0.2) is 0 Å². The second kappa shape index (κ2) is 7.46. The molecule has 0 unspecified atom stereocenters. The van der Waals surface area contributed by atoms with E-state index in [1.807, 2.05) is 0 Å². The number of nitrogens with two attached hydrogens (primary N) is 1. The van der Waals surface area contributed by atoms with Crippen LogP contribution in [0.15, 0.2) is 0 Å². The Hall–Kier alpha value is -0.320. The third kappa shape index (κ3) is 4.33. The molecule has 2 rings (SSSR count). The van der Waals surface area contributed by atoms with E-state index in [4.69, 9.17) is 5.73 Å². The summed E-state index contributed by atoms with van der Waals surface area (Å²) in [5.41, 5.74) is 5.88. The van der Waals surface area contributed by atoms with Gasteiger partial charge in [0.15, 0.2) is 0 Å². The van der Waals surface area contributed by atoms with Crippen molar-refractivity contribution in [3.05, 3.63) is 0 Å². The maximum absolute atomic E-state index is 12.2. The van der Waals surface area contributed by atoms with Gasteiger partial charge in [0.05, 0.1) is 0 Å². The molecule has 3 N–H and O–H groups in total. The Morgan fingerprint density at radius 1 is 1.16 bits per heavy atom. The smallest absolute Gasteiger partial charge is 0.223 e. The molecule has 4 atom stereocenters. The van der Waals surface area contributed by atoms with Crippen LogP contribution in [0.3, 0.4) is 0 Å². The predicted molar refractivity (Wildman–Crippen MR) is 80.4 cm³/mol. The van der Waals surface area contributed by atoms with E-state index in [2.05, 4.69) is 24.3 Å². The Morgan fingerprint density at radius 2 is 1.84 bits per heavy atom. The highest BCUT2D eigenvalue weighted by molar-refractivity contribution is 5.85. The first-order valence-electron chi connectivity index (χ1n) is 7.30. The van der Waals surface area contributed by atoms with Gasteiger partial charge in [0.25, 0.3) is 0 Å². The summed E-state index contributed by atoms with van der Waals surface area (Å²) >= 11 is 0. The maximum Gasteiger partial charge on any atom is 0.223 e. The van der Waals surface area contributed by atoms with Gasteiger partial charge in [-0.2, -0.15) is 0 Å². The average molecular weight is 290 g/mol. The number of carbonyl (C=O) groups excluding carboxylic acids is 1. The van der Waals surface area contributed by atoms with Crippen LogP contribution in [0.5, 0.6) is 0 Å². The zero-order valence-electron chi connectivity index (χ0n) is 12.1. The van der Waals surface area contributed by atoms with Crippen LogP contribution in [0.25, 0.3) is 0 Å². The molecule has 0 aromatic rings. The van der Waals surface area contributed by atoms with Crippen molar-refractivity contribution in [1.82, 2.24) is 10.2 Å². The van der Waals surface area contributed by atoms with Crippen molar-refractivity contribution in [2.24, 2.45) is 11.7 Å². The molecule has 4 nitrogen and oxygen atoms in total. The number of hydrogen-bond donors (Lipinski definition) is 2. The summed E-state index contributed by atoms with van der Waals surface area (Å²) in [5.74, 6) is 0.395. The Labute approximate surface area is 122 Å². The zero-order chi connectivity index (χ0) is 13.1. The van der Waals surface area contributed by atoms with Gasteiger partial charge in [0.1, 0.15) is 0 Å². The van der Waals surface area contributed by atoms with E-state index in [9.17, 15) is 4.79 Å². The molecule has 5 heteroatoms. The normalized spacial score (nSPS) is 34.9. The van der Waals surface area contributed by atoms with E-state index in [1.54, 1.807) is 0 Å². The standard InChI is InChI=1S/C14H27N3O.ClH/c1-17(2)13-6-4-3-5-12(13)16-14(18)10-7-8-11(15)9-10;/h10-13H,3-9,15H2,1-2H3,(H,16,18);1H/t10-,11+,12+,13+;/m1./s1. The first kappa shape index (κ1) is 16.7. The fraction of sp³-hybridized carbons (Fsp3) is 0.929. The van der Waals surface area contributed by atoms with Crippen molar-refractivity contribution >= 4 is 18.3 Å². The molecule has 0 saturated heterocycles. The molecule has 0 spiro atoms. The summed E-state index contributed by atoms with van der Waals surface area (Å²) < 4.78 is 0. The Morgan fingerprint density at radius 3 is 2.42 bits per heavy atom. The van der Waals surface area contributed by atoms with Crippen molar-refractivity contribution in [1.29, 1.82) is 0 Å². The number of amides is 1. The van der Waals surface area contributed by atoms with Gasteiger partial charge in [-0.05, 0) is 46.2 Å². The van der Waals surface area contributed by atoms with Crippen molar-refractivity contribution < 1.29 is 4.79 Å². The highest BCUT2D eigenvalue weighted by Crippen LogP contribution is 2.26. The molecule has 2 aliphatic carbocycles. The van der Waals surface area contributed by atoms with Crippen LogP contribution in [-0.4, -0.2) is 43.0 Å². The van der Waals surface area contributed by atoms with Gasteiger partial charge < -0.3 is 16.0 Å². The van der Waals surface area contributed by atoms with Gasteiger partial charge in [-0.15, -0.1) is 12.4 Å². The highest BCUT2D eigenvalue weighted by Gasteiger charge is 2.32. The van der Waals surface area contributed by atoms with Crippen LogP contribution in [0.4, 0.5) is 0 Å². The number of nitrogens with zero attached hydrogens (tertiary/aromatic N) is 1. The van der Waals surface area contributed by atoms with Crippen molar-refractivity contribution in [3.8, 4) is 0 Å². The first-order chi connectivity index (χ1) is 8.58. The van der Waals surface area contributed by atoms with Crippen molar-refractivity contribution in [2.45, 2.75) is 63.1 Å². The number of hydrogen-bond acceptors (Lipinski definition) is 3. The lowest BCUT2D eigenvalue weighted by Gasteiger charge is -2.37. The fourth-order valence-electron chi connectivity index (χ4n) is 3.45. The predicted octanol–water partition coefficient (Wildman–Crippen LogP) is 1.52. The lowest BCUT2D eigenvalue weighted by Crippen LogP contribution is -2.52. The second-order valence-electron chi connectivity index (χ2n) is 6.20. The van der Waals surface area contributed by atoms with E-state index in [0.29, 0.717) is 12.1 Å². The summed E-state index contributed by atoms with van der Waals surface area (Å²) in [7, 11) is 4.22. The molecule has 0 aromatic carbocycles. The summed E-state index contributed by atoms with van der Waals surface area (Å²) in [6.07, 6.45) is 7.66. The molecule has 1 amide bonds. The summed E-state index contributed by atoms with van der Waals surface area (Å²) in [5, 5.41) is 3.28. The first-order valence-corrected chi connectivity index (χ1v) is 7.30. The van der Waals surface area contributed by atoms with Crippen molar-refractivity contribution in [3.63, 3.8) is 0 Å². The molecule has 0 aromatic heterocycles. The highest BCUT2D eigenvalue weighted by atomic mass is 35.5. The molecular weight excluding hydrogens is 262 g/mol. The van der Waals surface area contributed by atoms with E-state index < -0.39 is 0 Å². The molecule has 0 aliphatic heterocycles. The average Bonchev–Trinajstić information content (AvgIpc) is 2.76. The van der Waals surface area contributed by atoms with E-state index >= 15 is 0 Å². The van der Waals surface area contributed by atoms with Gasteiger partial charge >= 0.3 is 0 Å². The van der Waals surface area contributed by atoms with E-state index in [0.717, 1.165) is 25.7 Å². The van der Waals surface area contributed by atoms with E-state index in [1.165, 1.54) is 19.3 Å². The molecule has 19 heavy (non-hydrogen) atoms. The van der Waals surface area contributed by atoms with Crippen LogP contribution in [0.1, 0.15) is 44.9 Å². The third-order valence-electron chi connectivity index (χ3n) is 4.56. The number of likely N-dealkylation sites (N-methyl/N-ethyl adjacent to an activating group) is 1. The van der Waals surface area contributed by atoms with Crippen LogP contribution < -0.4 is 11.1 Å². The quantitative estimate of drug-likeness (QED) is 0.828. The van der Waals surface area contributed by atoms with Crippen LogP contribution >= 0.6 is 12.4 Å². The van der Waals surface area contributed by atoms with Gasteiger partial charge in [0, 0.05) is 24.0 Å². The Balaban J connectivity index is 0.00000180. The third-order valence-corrected chi connectivity index (χ3v) is 4.56. The van der Waals surface area contributed by atoms with E-state index in [-0.39, 0.29) is 30.3 Å². The molecule has 112 valence electrons. The fourth-order valence-corrected chi connectivity index (χ4v) is 3.45. The minimum Gasteiger partial charge on any atom is -0.352 e. The molecule has 2 saturated carbocycles. The Bertz CT molecular complexity index is 298. The molecule has 0 radical (unpaired) electrons. The van der Waals surface area contributed by atoms with Gasteiger partial charge in [-0.3, -0.25) is 4.79 Å². The minimum atomic E-state index is 0. The monoisotopic (exact) mass is 289 g/mol. The molecule has 0 heterocycles. The number of halogens is 1. The molecule has 2 fully saturated rings. The number of rotatable bonds is 3. The minimum absolute atomic E-state index is 0. The molecule has 0 bridgehead atoms. The molecular formula is C14H28ClN3O. The largest absolute Gasteiger partial charge is 0.352 e. The lowest BCUT2D eigenvalue weighted by atomic mass is 9.89. The Kier molecular flexibility index (Phi) is 6.57. The van der Waals surface area contributed by atoms with Crippen LogP contribution in [-0.2, 0) is 4.79 Å². The zero-order valence-corrected chi connectivity index (χ0v) is 12.9. The van der Waals surface area contributed by atoms with Gasteiger partial charge in [-0.1, -0.05) is 12.8 Å². The maximum atomic E-state index is 12.2. The van der Waals surface area contributed by atoms with Crippen LogP contribution in [0.2, 0.25) is 0 Å². The SMILES string of the molecule is CN(C)[C@H]1CCCC[C@@H]1NC(=O)[C@@H]1CC[C@H](N)C1.Cl. The summed E-state index contributed by atoms with van der Waals surface area (Å²) in [6, 6.07) is 1.06. The van der Waals surface area contributed by atoms with Crippen molar-refractivity contribution in [2.75, 3.05) is 14.1 Å². The summed E-state index contributed by atoms with van der Waals surface area (Å²) in [4.78, 5) is 14.5. The second-order valence-corrected chi connectivity index (χ2v) is 6.20. The lowest BCUT2D eigenvalue weighted by molar-refractivity contribution is -0.126.